The molecule has 4 heteroatoms. The van der Waals surface area contributed by atoms with Crippen LogP contribution in [0.4, 0.5) is 4.39 Å². The van der Waals surface area contributed by atoms with E-state index in [9.17, 15) is 9.18 Å². The summed E-state index contributed by atoms with van der Waals surface area (Å²) in [6.07, 6.45) is 7.36. The van der Waals surface area contributed by atoms with Crippen LogP contribution in [0.1, 0.15) is 58.9 Å². The number of carbonyl (C=O) groups is 1. The van der Waals surface area contributed by atoms with Crippen molar-refractivity contribution in [3.63, 3.8) is 0 Å². The van der Waals surface area contributed by atoms with Crippen LogP contribution in [0.5, 0.6) is 0 Å². The third-order valence-corrected chi connectivity index (χ3v) is 6.06. The van der Waals surface area contributed by atoms with Crippen LogP contribution in [0, 0.1) is 17.7 Å². The lowest BCUT2D eigenvalue weighted by atomic mass is 9.88. The van der Waals surface area contributed by atoms with Crippen LogP contribution in [0.2, 0.25) is 0 Å². The summed E-state index contributed by atoms with van der Waals surface area (Å²) in [5, 5.41) is 0. The van der Waals surface area contributed by atoms with Crippen LogP contribution >= 0.6 is 0 Å². The third kappa shape index (κ3) is 7.58. The van der Waals surface area contributed by atoms with Gasteiger partial charge in [-0.25, -0.2) is 4.39 Å². The summed E-state index contributed by atoms with van der Waals surface area (Å²) in [7, 11) is 0. The van der Waals surface area contributed by atoms with Crippen LogP contribution in [-0.4, -0.2) is 48.4 Å². The van der Waals surface area contributed by atoms with Crippen LogP contribution < -0.4 is 0 Å². The Morgan fingerprint density at radius 2 is 1.59 bits per heavy atom. The molecule has 2 heterocycles. The van der Waals surface area contributed by atoms with E-state index in [1.54, 1.807) is 0 Å². The van der Waals surface area contributed by atoms with Crippen molar-refractivity contribution in [3.8, 4) is 0 Å². The number of allylic oxidation sites excluding steroid dienone is 1. The van der Waals surface area contributed by atoms with Crippen molar-refractivity contribution in [3.05, 3.63) is 47.3 Å². The van der Waals surface area contributed by atoms with Gasteiger partial charge in [0.25, 0.3) is 0 Å². The van der Waals surface area contributed by atoms with Gasteiger partial charge in [-0.05, 0) is 82.7 Å². The van der Waals surface area contributed by atoms with Crippen molar-refractivity contribution in [2.24, 2.45) is 11.8 Å². The van der Waals surface area contributed by atoms with E-state index in [4.69, 9.17) is 0 Å². The van der Waals surface area contributed by atoms with Gasteiger partial charge in [0.2, 0.25) is 5.91 Å². The van der Waals surface area contributed by atoms with Gasteiger partial charge in [-0.15, -0.1) is 0 Å². The molecule has 0 radical (unpaired) electrons. The monoisotopic (exact) mass is 402 g/mol. The van der Waals surface area contributed by atoms with Gasteiger partial charge < -0.3 is 4.90 Å². The van der Waals surface area contributed by atoms with Gasteiger partial charge in [0, 0.05) is 25.6 Å². The number of hydrogen-bond acceptors (Lipinski definition) is 2. The first kappa shape index (κ1) is 23.6. The minimum absolute atomic E-state index is 0.175. The lowest BCUT2D eigenvalue weighted by Crippen LogP contribution is -2.45. The van der Waals surface area contributed by atoms with Gasteiger partial charge in [0.15, 0.2) is 0 Å². The Labute approximate surface area is 177 Å². The summed E-state index contributed by atoms with van der Waals surface area (Å²) in [6.45, 7) is 13.1. The number of amides is 1. The molecule has 2 aliphatic rings. The number of nitrogens with zero attached hydrogens (tertiary/aromatic N) is 2. The van der Waals surface area contributed by atoms with E-state index in [0.29, 0.717) is 11.8 Å². The van der Waals surface area contributed by atoms with Crippen molar-refractivity contribution >= 4 is 5.91 Å². The third-order valence-electron chi connectivity index (χ3n) is 6.06. The largest absolute Gasteiger partial charge is 0.342 e. The minimum atomic E-state index is -0.175. The average molecular weight is 403 g/mol. The maximum absolute atomic E-state index is 13.0. The summed E-state index contributed by atoms with van der Waals surface area (Å²) in [5.74, 6) is 1.01. The molecule has 3 rings (SSSR count). The molecule has 1 aromatic carbocycles. The highest BCUT2D eigenvalue weighted by Crippen LogP contribution is 2.26. The molecular weight excluding hydrogens is 363 g/mol. The number of rotatable bonds is 5. The first-order chi connectivity index (χ1) is 14.0. The Bertz CT molecular complexity index is 635. The van der Waals surface area contributed by atoms with Crippen molar-refractivity contribution < 1.29 is 9.18 Å². The van der Waals surface area contributed by atoms with Gasteiger partial charge in [0.1, 0.15) is 5.82 Å². The second kappa shape index (κ2) is 12.1. The van der Waals surface area contributed by atoms with Crippen LogP contribution in [0.15, 0.2) is 35.9 Å². The molecule has 0 aliphatic carbocycles. The molecule has 3 nitrogen and oxygen atoms in total. The Kier molecular flexibility index (Phi) is 9.86. The summed E-state index contributed by atoms with van der Waals surface area (Å²) in [6, 6.07) is 6.85. The lowest BCUT2D eigenvalue weighted by molar-refractivity contribution is -0.138. The normalized spacial score (nSPS) is 18.7. The van der Waals surface area contributed by atoms with Gasteiger partial charge >= 0.3 is 0 Å². The molecule has 0 bridgehead atoms. The maximum Gasteiger partial charge on any atom is 0.225 e. The van der Waals surface area contributed by atoms with Crippen LogP contribution in [0.25, 0.3) is 0 Å². The molecular formula is C25H39FN2O. The molecule has 0 aromatic heterocycles. The molecule has 2 saturated heterocycles. The Morgan fingerprint density at radius 1 is 1.00 bits per heavy atom. The first-order valence-electron chi connectivity index (χ1n) is 11.4. The van der Waals surface area contributed by atoms with Crippen LogP contribution in [0.3, 0.4) is 0 Å². The van der Waals surface area contributed by atoms with Crippen LogP contribution in [-0.2, 0) is 11.2 Å². The topological polar surface area (TPSA) is 23.6 Å². The number of piperidine rings is 2. The highest BCUT2D eigenvalue weighted by atomic mass is 19.1. The zero-order valence-electron chi connectivity index (χ0n) is 18.8. The lowest BCUT2D eigenvalue weighted by Gasteiger charge is -2.37. The van der Waals surface area contributed by atoms with E-state index in [-0.39, 0.29) is 11.7 Å². The first-order valence-corrected chi connectivity index (χ1v) is 11.4. The molecule has 2 aliphatic heterocycles. The molecule has 0 saturated carbocycles. The van der Waals surface area contributed by atoms with Crippen molar-refractivity contribution in [1.29, 1.82) is 0 Å². The highest BCUT2D eigenvalue weighted by Gasteiger charge is 2.30. The smallest absolute Gasteiger partial charge is 0.225 e. The number of halogens is 1. The molecule has 0 N–H and O–H groups in total. The van der Waals surface area contributed by atoms with E-state index < -0.39 is 0 Å². The Morgan fingerprint density at radius 3 is 2.14 bits per heavy atom. The minimum Gasteiger partial charge on any atom is -0.342 e. The van der Waals surface area contributed by atoms with Gasteiger partial charge in [-0.1, -0.05) is 37.6 Å². The SMILES string of the molecule is CC.CC(C)=CCN1CCC(C(=O)N2CCC(Cc3ccc(F)cc3)CC2)CC1. The molecule has 0 unspecified atom stereocenters. The van der Waals surface area contributed by atoms with E-state index in [1.807, 2.05) is 26.0 Å². The van der Waals surface area contributed by atoms with E-state index >= 15 is 0 Å². The fraction of sp³-hybridized carbons (Fsp3) is 0.640. The number of hydrogen-bond donors (Lipinski definition) is 0. The number of carbonyl (C=O) groups excluding carboxylic acids is 1. The molecule has 162 valence electrons. The zero-order valence-corrected chi connectivity index (χ0v) is 18.8. The number of benzene rings is 1. The second-order valence-electron chi connectivity index (χ2n) is 8.46. The Hall–Kier alpha value is -1.68. The van der Waals surface area contributed by atoms with Gasteiger partial charge in [0.05, 0.1) is 0 Å². The van der Waals surface area contributed by atoms with E-state index in [0.717, 1.165) is 64.8 Å². The fourth-order valence-corrected chi connectivity index (χ4v) is 4.24. The quantitative estimate of drug-likeness (QED) is 0.623. The molecule has 1 amide bonds. The standard InChI is InChI=1S/C23H33FN2O.C2H6/c1-18(2)7-12-25-13-10-21(11-14-25)23(27)26-15-8-20(9-16-26)17-19-3-5-22(24)6-4-19;1-2/h3-7,20-21H,8-17H2,1-2H3;1-2H3. The molecule has 1 aromatic rings. The number of likely N-dealkylation sites (tertiary alicyclic amines) is 2. The Balaban J connectivity index is 0.00000145. The van der Waals surface area contributed by atoms with Crippen molar-refractivity contribution in [2.45, 2.75) is 59.8 Å². The summed E-state index contributed by atoms with van der Waals surface area (Å²) < 4.78 is 13.0. The second-order valence-corrected chi connectivity index (χ2v) is 8.46. The predicted octanol–water partition coefficient (Wildman–Crippen LogP) is 5.31. The summed E-state index contributed by atoms with van der Waals surface area (Å²) >= 11 is 0. The molecule has 0 spiro atoms. The summed E-state index contributed by atoms with van der Waals surface area (Å²) in [5.41, 5.74) is 2.56. The molecule has 0 atom stereocenters. The fourth-order valence-electron chi connectivity index (χ4n) is 4.24. The predicted molar refractivity (Wildman–Crippen MR) is 119 cm³/mol. The van der Waals surface area contributed by atoms with E-state index in [2.05, 4.69) is 29.7 Å². The highest BCUT2D eigenvalue weighted by molar-refractivity contribution is 5.79. The summed E-state index contributed by atoms with van der Waals surface area (Å²) in [4.78, 5) is 17.4. The molecule has 2 fully saturated rings. The molecule has 29 heavy (non-hydrogen) atoms. The maximum atomic E-state index is 13.0. The van der Waals surface area contributed by atoms with E-state index in [1.165, 1.54) is 23.3 Å². The van der Waals surface area contributed by atoms with Gasteiger partial charge in [-0.3, -0.25) is 9.69 Å². The zero-order chi connectivity index (χ0) is 21.2. The van der Waals surface area contributed by atoms with Crippen molar-refractivity contribution in [1.82, 2.24) is 9.80 Å². The van der Waals surface area contributed by atoms with Gasteiger partial charge in [-0.2, -0.15) is 0 Å². The average Bonchev–Trinajstić information content (AvgIpc) is 2.76. The van der Waals surface area contributed by atoms with Crippen molar-refractivity contribution in [2.75, 3.05) is 32.7 Å².